The van der Waals surface area contributed by atoms with Gasteiger partial charge in [-0.05, 0) is 31.5 Å². The molecular formula is C19H30F2N4O4S. The molecule has 0 radical (unpaired) electrons. The second-order valence-corrected chi connectivity index (χ2v) is 9.14. The molecule has 1 aliphatic rings. The fourth-order valence-electron chi connectivity index (χ4n) is 3.04. The van der Waals surface area contributed by atoms with Gasteiger partial charge in [-0.1, -0.05) is 12.1 Å². The monoisotopic (exact) mass is 448 g/mol. The molecule has 0 unspecified atom stereocenters. The normalized spacial score (nSPS) is 16.4. The van der Waals surface area contributed by atoms with Gasteiger partial charge in [0.1, 0.15) is 5.75 Å². The maximum atomic E-state index is 12.4. The molecule has 1 saturated heterocycles. The van der Waals surface area contributed by atoms with Crippen LogP contribution in [-0.4, -0.2) is 81.9 Å². The van der Waals surface area contributed by atoms with Crippen LogP contribution >= 0.6 is 0 Å². The highest BCUT2D eigenvalue weighted by molar-refractivity contribution is 7.89. The summed E-state index contributed by atoms with van der Waals surface area (Å²) in [6.45, 7) is 3.14. The molecule has 1 aromatic rings. The van der Waals surface area contributed by atoms with Crippen LogP contribution in [0.5, 0.6) is 5.75 Å². The first-order valence-electron chi connectivity index (χ1n) is 9.80. The van der Waals surface area contributed by atoms with Crippen LogP contribution < -0.4 is 10.1 Å². The molecule has 1 fully saturated rings. The molecule has 170 valence electrons. The molecule has 0 atom stereocenters. The summed E-state index contributed by atoms with van der Waals surface area (Å²) in [4.78, 5) is 6.21. The van der Waals surface area contributed by atoms with Gasteiger partial charge in [0.05, 0.1) is 18.5 Å². The Labute approximate surface area is 176 Å². The fourth-order valence-corrected chi connectivity index (χ4v) is 4.33. The molecule has 11 heteroatoms. The molecule has 1 aromatic carbocycles. The van der Waals surface area contributed by atoms with E-state index in [9.17, 15) is 17.2 Å². The Morgan fingerprint density at radius 1 is 1.23 bits per heavy atom. The van der Waals surface area contributed by atoms with Gasteiger partial charge in [-0.3, -0.25) is 4.99 Å². The van der Waals surface area contributed by atoms with Crippen LogP contribution in [0.2, 0.25) is 0 Å². The topological polar surface area (TPSA) is 83.5 Å². The van der Waals surface area contributed by atoms with Crippen molar-refractivity contribution < 1.29 is 26.7 Å². The Morgan fingerprint density at radius 3 is 2.53 bits per heavy atom. The molecule has 0 aromatic heterocycles. The molecular weight excluding hydrogens is 418 g/mol. The average Bonchev–Trinajstić information content (AvgIpc) is 2.68. The zero-order valence-electron chi connectivity index (χ0n) is 17.6. The summed E-state index contributed by atoms with van der Waals surface area (Å²) in [6.07, 6.45) is -0.00549. The van der Waals surface area contributed by atoms with E-state index < -0.39 is 16.6 Å². The van der Waals surface area contributed by atoms with Crippen LogP contribution in [0.3, 0.4) is 0 Å². The minimum Gasteiger partial charge on any atom is -0.435 e. The summed E-state index contributed by atoms with van der Waals surface area (Å²) in [5.41, 5.74) is 0.765. The lowest BCUT2D eigenvalue weighted by Gasteiger charge is -2.35. The zero-order chi connectivity index (χ0) is 22.1. The molecule has 0 amide bonds. The number of alkyl halides is 2. The zero-order valence-corrected chi connectivity index (χ0v) is 18.4. The number of aliphatic imine (C=N–C) groups is 1. The predicted octanol–water partition coefficient (Wildman–Crippen LogP) is 1.74. The van der Waals surface area contributed by atoms with Crippen LogP contribution in [0.1, 0.15) is 19.4 Å². The highest BCUT2D eigenvalue weighted by atomic mass is 32.2. The van der Waals surface area contributed by atoms with Crippen LogP contribution in [-0.2, 0) is 21.3 Å². The van der Waals surface area contributed by atoms with Gasteiger partial charge in [-0.2, -0.15) is 13.1 Å². The third-order valence-electron chi connectivity index (χ3n) is 4.51. The second-order valence-electron chi connectivity index (χ2n) is 7.05. The fraction of sp³-hybridized carbons (Fsp3) is 0.632. The van der Waals surface area contributed by atoms with Crippen LogP contribution in [0.4, 0.5) is 8.78 Å². The number of hydrogen-bond acceptors (Lipinski definition) is 5. The van der Waals surface area contributed by atoms with Crippen molar-refractivity contribution in [2.75, 3.05) is 45.6 Å². The standard InChI is InChI=1S/C19H30F2N4O4S/c1-15(2)28-11-12-30(26,27)25-9-7-24(8-10-25)19(22-3)23-14-16-5-4-6-17(13-16)29-18(20)21/h4-6,13,15,18H,7-12,14H2,1-3H3,(H,22,23). The first-order chi connectivity index (χ1) is 14.2. The molecule has 8 nitrogen and oxygen atoms in total. The van der Waals surface area contributed by atoms with Crippen molar-refractivity contribution in [3.8, 4) is 5.75 Å². The summed E-state index contributed by atoms with van der Waals surface area (Å²) in [6, 6.07) is 6.44. The highest BCUT2D eigenvalue weighted by Crippen LogP contribution is 2.16. The number of piperazine rings is 1. The third-order valence-corrected chi connectivity index (χ3v) is 6.34. The summed E-state index contributed by atoms with van der Waals surface area (Å²) < 4.78 is 60.9. The summed E-state index contributed by atoms with van der Waals surface area (Å²) in [5, 5.41) is 3.18. The van der Waals surface area contributed by atoms with E-state index in [1.165, 1.54) is 16.4 Å². The Bertz CT molecular complexity index is 797. The Kier molecular flexibility index (Phi) is 9.25. The molecule has 0 aliphatic carbocycles. The largest absolute Gasteiger partial charge is 0.435 e. The van der Waals surface area contributed by atoms with Crippen molar-refractivity contribution in [2.45, 2.75) is 33.1 Å². The van der Waals surface area contributed by atoms with Crippen LogP contribution in [0.15, 0.2) is 29.3 Å². The van der Waals surface area contributed by atoms with E-state index in [-0.39, 0.29) is 24.2 Å². The Hall–Kier alpha value is -1.98. The third kappa shape index (κ3) is 7.69. The van der Waals surface area contributed by atoms with Crippen molar-refractivity contribution in [3.05, 3.63) is 29.8 Å². The lowest BCUT2D eigenvalue weighted by Crippen LogP contribution is -2.54. The summed E-state index contributed by atoms with van der Waals surface area (Å²) in [5.74, 6) is 0.685. The summed E-state index contributed by atoms with van der Waals surface area (Å²) >= 11 is 0. The smallest absolute Gasteiger partial charge is 0.387 e. The van der Waals surface area contributed by atoms with Gasteiger partial charge >= 0.3 is 6.61 Å². The van der Waals surface area contributed by atoms with E-state index in [1.54, 1.807) is 19.2 Å². The number of halogens is 2. The van der Waals surface area contributed by atoms with Crippen molar-refractivity contribution >= 4 is 16.0 Å². The van der Waals surface area contributed by atoms with Crippen molar-refractivity contribution in [1.29, 1.82) is 0 Å². The first kappa shape index (κ1) is 24.3. The average molecular weight is 449 g/mol. The van der Waals surface area contributed by atoms with Crippen molar-refractivity contribution in [3.63, 3.8) is 0 Å². The van der Waals surface area contributed by atoms with Crippen molar-refractivity contribution in [1.82, 2.24) is 14.5 Å². The molecule has 0 saturated carbocycles. The lowest BCUT2D eigenvalue weighted by molar-refractivity contribution is -0.0498. The quantitative estimate of drug-likeness (QED) is 0.458. The van der Waals surface area contributed by atoms with Gasteiger partial charge in [-0.15, -0.1) is 0 Å². The second kappa shape index (κ2) is 11.4. The molecule has 0 spiro atoms. The molecule has 1 heterocycles. The molecule has 1 N–H and O–H groups in total. The van der Waals surface area contributed by atoms with Gasteiger partial charge in [0.2, 0.25) is 10.0 Å². The number of ether oxygens (including phenoxy) is 2. The molecule has 1 aliphatic heterocycles. The molecule has 30 heavy (non-hydrogen) atoms. The maximum Gasteiger partial charge on any atom is 0.387 e. The number of benzene rings is 1. The maximum absolute atomic E-state index is 12.4. The number of guanidine groups is 1. The predicted molar refractivity (Wildman–Crippen MR) is 111 cm³/mol. The summed E-state index contributed by atoms with van der Waals surface area (Å²) in [7, 11) is -1.71. The van der Waals surface area contributed by atoms with E-state index in [1.807, 2.05) is 18.7 Å². The Balaban J connectivity index is 1.85. The Morgan fingerprint density at radius 2 is 1.93 bits per heavy atom. The first-order valence-corrected chi connectivity index (χ1v) is 11.4. The lowest BCUT2D eigenvalue weighted by atomic mass is 10.2. The van der Waals surface area contributed by atoms with E-state index in [4.69, 9.17) is 4.74 Å². The van der Waals surface area contributed by atoms with E-state index >= 15 is 0 Å². The van der Waals surface area contributed by atoms with Crippen LogP contribution in [0.25, 0.3) is 0 Å². The minimum absolute atomic E-state index is 0.00549. The van der Waals surface area contributed by atoms with Crippen LogP contribution in [0, 0.1) is 0 Å². The number of hydrogen-bond donors (Lipinski definition) is 1. The van der Waals surface area contributed by atoms with Crippen molar-refractivity contribution in [2.24, 2.45) is 4.99 Å². The number of nitrogens with zero attached hydrogens (tertiary/aromatic N) is 3. The van der Waals surface area contributed by atoms with E-state index in [0.29, 0.717) is 38.7 Å². The van der Waals surface area contributed by atoms with E-state index in [0.717, 1.165) is 5.56 Å². The number of nitrogens with one attached hydrogen (secondary N) is 1. The van der Waals surface area contributed by atoms with Gasteiger partial charge in [0.15, 0.2) is 5.96 Å². The van der Waals surface area contributed by atoms with E-state index in [2.05, 4.69) is 15.0 Å². The number of sulfonamides is 1. The molecule has 2 rings (SSSR count). The van der Waals surface area contributed by atoms with Gasteiger partial charge < -0.3 is 19.7 Å². The van der Waals surface area contributed by atoms with Gasteiger partial charge in [0, 0.05) is 39.8 Å². The van der Waals surface area contributed by atoms with Gasteiger partial charge in [-0.25, -0.2) is 8.42 Å². The highest BCUT2D eigenvalue weighted by Gasteiger charge is 2.28. The van der Waals surface area contributed by atoms with Gasteiger partial charge in [0.25, 0.3) is 0 Å². The molecule has 0 bridgehead atoms. The minimum atomic E-state index is -3.36. The SMILES string of the molecule is CN=C(NCc1cccc(OC(F)F)c1)N1CCN(S(=O)(=O)CCOC(C)C)CC1. The number of rotatable bonds is 9.